The number of aliphatic hydroxyl groups excluding tert-OH is 1. The Morgan fingerprint density at radius 2 is 1.69 bits per heavy atom. The number of fused-ring (bicyclic) bond motifs is 1. The molecular weight excluding hydrogens is 414 g/mol. The fraction of sp³-hybridized carbons (Fsp3) is 0.524. The summed E-state index contributed by atoms with van der Waals surface area (Å²) in [5, 5.41) is 40.4. The zero-order chi connectivity index (χ0) is 23.6. The van der Waals surface area contributed by atoms with Gasteiger partial charge in [-0.15, -0.1) is 5.53 Å². The van der Waals surface area contributed by atoms with Gasteiger partial charge in [-0.1, -0.05) is 0 Å². The SMILES string of the molecule is COc1ccc(CNc2nc(NCC(C)O)nc3c2N(C(C)C)NN3C(C)C)c(O)c1O. The molecule has 0 amide bonds. The van der Waals surface area contributed by atoms with Crippen LogP contribution in [-0.4, -0.2) is 57.1 Å². The van der Waals surface area contributed by atoms with Crippen molar-refractivity contribution in [3.05, 3.63) is 17.7 Å². The van der Waals surface area contributed by atoms with Crippen LogP contribution in [0.15, 0.2) is 12.1 Å². The lowest BCUT2D eigenvalue weighted by atomic mass is 10.1. The molecule has 0 fully saturated rings. The molecule has 1 aromatic carbocycles. The van der Waals surface area contributed by atoms with Crippen molar-refractivity contribution in [2.75, 3.05) is 34.3 Å². The number of aromatic hydroxyl groups is 2. The first-order valence-electron chi connectivity index (χ1n) is 10.6. The number of benzene rings is 1. The lowest BCUT2D eigenvalue weighted by molar-refractivity contribution is 0.208. The number of rotatable bonds is 9. The number of phenolic OH excluding ortho intramolecular Hbond substituents is 2. The van der Waals surface area contributed by atoms with Gasteiger partial charge >= 0.3 is 0 Å². The molecule has 1 aromatic heterocycles. The zero-order valence-corrected chi connectivity index (χ0v) is 19.3. The first-order valence-corrected chi connectivity index (χ1v) is 10.6. The molecule has 1 aliphatic rings. The van der Waals surface area contributed by atoms with Gasteiger partial charge in [-0.05, 0) is 46.8 Å². The van der Waals surface area contributed by atoms with Gasteiger partial charge in [-0.25, -0.2) is 0 Å². The molecule has 0 bridgehead atoms. The van der Waals surface area contributed by atoms with E-state index < -0.39 is 6.10 Å². The number of phenols is 2. The molecule has 0 saturated heterocycles. The third-order valence-corrected chi connectivity index (χ3v) is 5.00. The molecule has 2 heterocycles. The number of methoxy groups -OCH3 is 1. The van der Waals surface area contributed by atoms with Crippen molar-refractivity contribution in [2.24, 2.45) is 0 Å². The van der Waals surface area contributed by atoms with Gasteiger partial charge in [-0.3, -0.25) is 10.0 Å². The lowest BCUT2D eigenvalue weighted by Crippen LogP contribution is -2.50. The second-order valence-electron chi connectivity index (χ2n) is 8.30. The molecule has 0 radical (unpaired) electrons. The number of nitrogens with one attached hydrogen (secondary N) is 3. The maximum atomic E-state index is 10.4. The second-order valence-corrected chi connectivity index (χ2v) is 8.30. The molecule has 1 aliphatic heterocycles. The summed E-state index contributed by atoms with van der Waals surface area (Å²) in [6.45, 7) is 10.4. The highest BCUT2D eigenvalue weighted by Gasteiger charge is 2.34. The fourth-order valence-corrected chi connectivity index (χ4v) is 3.31. The summed E-state index contributed by atoms with van der Waals surface area (Å²) in [6.07, 6.45) is -0.561. The standard InChI is InChI=1S/C21H33N7O4/c1-11(2)27-16-19(22-10-14-7-8-15(32-6)18(31)17(14)30)24-21(23-9-13(5)29)25-20(16)28(26-27)12(3)4/h7-8,11-13,26,29-31H,9-10H2,1-6H3,(H2,22,23,24,25). The van der Waals surface area contributed by atoms with Crippen LogP contribution >= 0.6 is 0 Å². The van der Waals surface area contributed by atoms with Gasteiger partial charge in [0.2, 0.25) is 11.7 Å². The van der Waals surface area contributed by atoms with Crippen molar-refractivity contribution in [3.63, 3.8) is 0 Å². The molecule has 32 heavy (non-hydrogen) atoms. The average Bonchev–Trinajstić information content (AvgIpc) is 3.13. The summed E-state index contributed by atoms with van der Waals surface area (Å²) in [6, 6.07) is 3.49. The van der Waals surface area contributed by atoms with Crippen molar-refractivity contribution in [1.29, 1.82) is 0 Å². The fourth-order valence-electron chi connectivity index (χ4n) is 3.31. The minimum Gasteiger partial charge on any atom is -0.504 e. The Hall–Kier alpha value is -3.18. The van der Waals surface area contributed by atoms with E-state index in [0.29, 0.717) is 29.7 Å². The van der Waals surface area contributed by atoms with Gasteiger partial charge in [0.1, 0.15) is 5.69 Å². The van der Waals surface area contributed by atoms with Crippen LogP contribution in [0.2, 0.25) is 0 Å². The predicted octanol–water partition coefficient (Wildman–Crippen LogP) is 2.16. The number of aromatic nitrogens is 2. The van der Waals surface area contributed by atoms with E-state index in [1.165, 1.54) is 7.11 Å². The predicted molar refractivity (Wildman–Crippen MR) is 124 cm³/mol. The molecule has 6 N–H and O–H groups in total. The highest BCUT2D eigenvalue weighted by atomic mass is 16.5. The molecule has 2 aromatic rings. The van der Waals surface area contributed by atoms with E-state index in [2.05, 4.69) is 53.8 Å². The van der Waals surface area contributed by atoms with E-state index in [1.807, 2.05) is 10.0 Å². The molecule has 1 unspecified atom stereocenters. The van der Waals surface area contributed by atoms with Crippen molar-refractivity contribution in [2.45, 2.75) is 59.4 Å². The van der Waals surface area contributed by atoms with Crippen LogP contribution < -0.4 is 30.9 Å². The van der Waals surface area contributed by atoms with Gasteiger partial charge in [0.05, 0.1) is 13.2 Å². The summed E-state index contributed by atoms with van der Waals surface area (Å²) in [5.41, 5.74) is 4.62. The summed E-state index contributed by atoms with van der Waals surface area (Å²) in [4.78, 5) is 9.30. The molecule has 176 valence electrons. The third-order valence-electron chi connectivity index (χ3n) is 5.00. The minimum absolute atomic E-state index is 0.108. The largest absolute Gasteiger partial charge is 0.504 e. The number of hydrazine groups is 2. The van der Waals surface area contributed by atoms with Gasteiger partial charge in [-0.2, -0.15) is 9.97 Å². The Balaban J connectivity index is 2.00. The molecule has 3 rings (SSSR count). The van der Waals surface area contributed by atoms with Crippen LogP contribution in [0.4, 0.5) is 23.3 Å². The summed E-state index contributed by atoms with van der Waals surface area (Å²) < 4.78 is 5.04. The van der Waals surface area contributed by atoms with E-state index in [4.69, 9.17) is 4.74 Å². The average molecular weight is 448 g/mol. The van der Waals surface area contributed by atoms with Crippen molar-refractivity contribution in [3.8, 4) is 17.2 Å². The second kappa shape index (κ2) is 9.53. The Morgan fingerprint density at radius 1 is 1.00 bits per heavy atom. The number of hydrogen-bond donors (Lipinski definition) is 6. The van der Waals surface area contributed by atoms with E-state index in [0.717, 1.165) is 5.69 Å². The zero-order valence-electron chi connectivity index (χ0n) is 19.3. The van der Waals surface area contributed by atoms with Crippen LogP contribution in [0, 0.1) is 0 Å². The van der Waals surface area contributed by atoms with E-state index in [1.54, 1.807) is 19.1 Å². The van der Waals surface area contributed by atoms with Crippen LogP contribution in [0.1, 0.15) is 40.2 Å². The Bertz CT molecular complexity index is 952. The number of aliphatic hydroxyl groups is 1. The van der Waals surface area contributed by atoms with Gasteiger partial charge in [0.25, 0.3) is 0 Å². The molecule has 11 heteroatoms. The summed E-state index contributed by atoms with van der Waals surface area (Å²) in [7, 11) is 1.42. The Morgan fingerprint density at radius 3 is 2.28 bits per heavy atom. The lowest BCUT2D eigenvalue weighted by Gasteiger charge is -2.27. The number of nitrogens with zero attached hydrogens (tertiary/aromatic N) is 4. The third kappa shape index (κ3) is 4.68. The topological polar surface area (TPSA) is 138 Å². The number of hydrogen-bond acceptors (Lipinski definition) is 11. The quantitative estimate of drug-likeness (QED) is 0.315. The summed E-state index contributed by atoms with van der Waals surface area (Å²) >= 11 is 0. The highest BCUT2D eigenvalue weighted by molar-refractivity contribution is 5.83. The van der Waals surface area contributed by atoms with E-state index >= 15 is 0 Å². The van der Waals surface area contributed by atoms with Crippen LogP contribution in [-0.2, 0) is 6.54 Å². The smallest absolute Gasteiger partial charge is 0.226 e. The number of ether oxygens (including phenoxy) is 1. The minimum atomic E-state index is -0.561. The molecule has 11 nitrogen and oxygen atoms in total. The van der Waals surface area contributed by atoms with Crippen LogP contribution in [0.25, 0.3) is 0 Å². The van der Waals surface area contributed by atoms with E-state index in [-0.39, 0.29) is 35.9 Å². The molecule has 0 saturated carbocycles. The van der Waals surface area contributed by atoms with Crippen molar-refractivity contribution >= 4 is 23.3 Å². The molecule has 1 atom stereocenters. The molecular formula is C21H33N7O4. The normalized spacial score (nSPS) is 14.2. The van der Waals surface area contributed by atoms with Gasteiger partial charge in [0.15, 0.2) is 23.1 Å². The molecule has 0 spiro atoms. The Kier molecular flexibility index (Phi) is 6.99. The van der Waals surface area contributed by atoms with Crippen molar-refractivity contribution in [1.82, 2.24) is 15.5 Å². The first-order chi connectivity index (χ1) is 15.1. The van der Waals surface area contributed by atoms with E-state index in [9.17, 15) is 15.3 Å². The number of anilines is 4. The van der Waals surface area contributed by atoms with Crippen molar-refractivity contribution < 1.29 is 20.1 Å². The van der Waals surface area contributed by atoms with Gasteiger partial charge in [0, 0.05) is 30.7 Å². The first kappa shape index (κ1) is 23.5. The summed E-state index contributed by atoms with van der Waals surface area (Å²) in [5.74, 6) is 1.24. The maximum absolute atomic E-state index is 10.4. The molecule has 0 aliphatic carbocycles. The Labute approximate surface area is 188 Å². The maximum Gasteiger partial charge on any atom is 0.226 e. The van der Waals surface area contributed by atoms with Crippen LogP contribution in [0.5, 0.6) is 17.2 Å². The van der Waals surface area contributed by atoms with Gasteiger partial charge < -0.3 is 30.7 Å². The highest BCUT2D eigenvalue weighted by Crippen LogP contribution is 2.41. The monoisotopic (exact) mass is 447 g/mol. The van der Waals surface area contributed by atoms with Crippen LogP contribution in [0.3, 0.4) is 0 Å².